The summed E-state index contributed by atoms with van der Waals surface area (Å²) in [6, 6.07) is 5.70. The van der Waals surface area contributed by atoms with Crippen LogP contribution in [-0.2, 0) is 9.53 Å². The van der Waals surface area contributed by atoms with Crippen LogP contribution in [0, 0.1) is 13.8 Å². The molecule has 0 atom stereocenters. The SMILES string of the molecule is COc1c(Br)c(C(=O)OCC(=O)Nc2cc(C)ccc2C)c(Br)c(OC)c1OC. The zero-order valence-corrected chi connectivity index (χ0v) is 19.8. The van der Waals surface area contributed by atoms with Crippen LogP contribution < -0.4 is 19.5 Å². The highest BCUT2D eigenvalue weighted by Gasteiger charge is 2.29. The van der Waals surface area contributed by atoms with E-state index in [1.54, 1.807) is 0 Å². The first-order chi connectivity index (χ1) is 13.7. The number of aryl methyl sites for hydroxylation is 2. The predicted molar refractivity (Wildman–Crippen MR) is 116 cm³/mol. The van der Waals surface area contributed by atoms with Gasteiger partial charge in [-0.2, -0.15) is 0 Å². The maximum atomic E-state index is 12.7. The molecule has 0 spiro atoms. The number of methoxy groups -OCH3 is 3. The lowest BCUT2D eigenvalue weighted by molar-refractivity contribution is -0.119. The molecule has 0 radical (unpaired) electrons. The fraction of sp³-hybridized carbons (Fsp3) is 0.300. The number of carbonyl (C=O) groups excluding carboxylic acids is 2. The summed E-state index contributed by atoms with van der Waals surface area (Å²) in [6.07, 6.45) is 0. The van der Waals surface area contributed by atoms with Gasteiger partial charge in [-0.3, -0.25) is 4.79 Å². The quantitative estimate of drug-likeness (QED) is 0.525. The highest BCUT2D eigenvalue weighted by molar-refractivity contribution is 9.11. The van der Waals surface area contributed by atoms with Gasteiger partial charge in [-0.25, -0.2) is 4.79 Å². The van der Waals surface area contributed by atoms with E-state index in [1.165, 1.54) is 21.3 Å². The number of halogens is 2. The molecule has 29 heavy (non-hydrogen) atoms. The van der Waals surface area contributed by atoms with Gasteiger partial charge in [-0.1, -0.05) is 12.1 Å². The van der Waals surface area contributed by atoms with E-state index in [0.717, 1.165) is 11.1 Å². The second kappa shape index (κ2) is 9.98. The summed E-state index contributed by atoms with van der Waals surface area (Å²) < 4.78 is 21.8. The van der Waals surface area contributed by atoms with Gasteiger partial charge >= 0.3 is 5.97 Å². The van der Waals surface area contributed by atoms with Crippen molar-refractivity contribution in [3.05, 3.63) is 43.8 Å². The molecule has 1 N–H and O–H groups in total. The lowest BCUT2D eigenvalue weighted by Crippen LogP contribution is -2.22. The third kappa shape index (κ3) is 5.02. The Labute approximate surface area is 185 Å². The Hall–Kier alpha value is -2.26. The Morgan fingerprint density at radius 1 is 0.931 bits per heavy atom. The fourth-order valence-corrected chi connectivity index (χ4v) is 4.29. The summed E-state index contributed by atoms with van der Waals surface area (Å²) in [5.74, 6) is -0.359. The zero-order valence-electron chi connectivity index (χ0n) is 16.6. The summed E-state index contributed by atoms with van der Waals surface area (Å²) in [6.45, 7) is 3.35. The minimum atomic E-state index is -0.737. The van der Waals surface area contributed by atoms with E-state index >= 15 is 0 Å². The third-order valence-corrected chi connectivity index (χ3v) is 5.58. The lowest BCUT2D eigenvalue weighted by atomic mass is 10.1. The molecule has 2 rings (SSSR count). The van der Waals surface area contributed by atoms with Gasteiger partial charge in [0.25, 0.3) is 5.91 Å². The molecule has 0 unspecified atom stereocenters. The molecule has 0 aliphatic heterocycles. The van der Waals surface area contributed by atoms with Crippen LogP contribution in [0.15, 0.2) is 27.1 Å². The normalized spacial score (nSPS) is 10.3. The molecular weight excluding hydrogens is 510 g/mol. The minimum absolute atomic E-state index is 0.110. The number of esters is 1. The van der Waals surface area contributed by atoms with Gasteiger partial charge in [-0.15, -0.1) is 0 Å². The number of nitrogens with one attached hydrogen (secondary N) is 1. The molecule has 0 aliphatic carbocycles. The first-order valence-corrected chi connectivity index (χ1v) is 10.0. The molecule has 0 saturated carbocycles. The van der Waals surface area contributed by atoms with Crippen molar-refractivity contribution < 1.29 is 28.5 Å². The first-order valence-electron chi connectivity index (χ1n) is 8.46. The number of carbonyl (C=O) groups is 2. The Kier molecular flexibility index (Phi) is 7.92. The predicted octanol–water partition coefficient (Wildman–Crippen LogP) is 4.65. The molecule has 0 aromatic heterocycles. The first kappa shape index (κ1) is 23.0. The molecule has 2 aromatic rings. The average molecular weight is 531 g/mol. The van der Waals surface area contributed by atoms with Gasteiger partial charge < -0.3 is 24.3 Å². The molecular formula is C20H21Br2NO6. The number of anilines is 1. The molecule has 9 heteroatoms. The van der Waals surface area contributed by atoms with Gasteiger partial charge in [0.15, 0.2) is 18.1 Å². The zero-order chi connectivity index (χ0) is 21.7. The van der Waals surface area contributed by atoms with Crippen LogP contribution in [0.2, 0.25) is 0 Å². The second-order valence-corrected chi connectivity index (χ2v) is 7.63. The Balaban J connectivity index is 2.22. The van der Waals surface area contributed by atoms with Gasteiger partial charge in [0.2, 0.25) is 5.75 Å². The van der Waals surface area contributed by atoms with E-state index < -0.39 is 18.5 Å². The molecule has 2 aromatic carbocycles. The van der Waals surface area contributed by atoms with Gasteiger partial charge in [0, 0.05) is 5.69 Å². The van der Waals surface area contributed by atoms with Crippen molar-refractivity contribution in [1.82, 2.24) is 0 Å². The minimum Gasteiger partial charge on any atom is -0.492 e. The van der Waals surface area contributed by atoms with Crippen molar-refractivity contribution in [2.45, 2.75) is 13.8 Å². The number of rotatable bonds is 7. The van der Waals surface area contributed by atoms with E-state index in [0.29, 0.717) is 20.4 Å². The van der Waals surface area contributed by atoms with Crippen molar-refractivity contribution in [2.75, 3.05) is 33.3 Å². The van der Waals surface area contributed by atoms with Crippen LogP contribution in [0.5, 0.6) is 17.2 Å². The number of hydrogen-bond donors (Lipinski definition) is 1. The van der Waals surface area contributed by atoms with Crippen LogP contribution in [0.3, 0.4) is 0 Å². The van der Waals surface area contributed by atoms with Crippen LogP contribution in [-0.4, -0.2) is 39.8 Å². The average Bonchev–Trinajstić information content (AvgIpc) is 2.68. The number of hydrogen-bond acceptors (Lipinski definition) is 6. The fourth-order valence-electron chi connectivity index (χ4n) is 2.62. The summed E-state index contributed by atoms with van der Waals surface area (Å²) in [5.41, 5.74) is 2.69. The van der Waals surface area contributed by atoms with Gasteiger partial charge in [-0.05, 0) is 62.9 Å². The van der Waals surface area contributed by atoms with Crippen LogP contribution in [0.25, 0.3) is 0 Å². The molecule has 156 valence electrons. The molecule has 0 heterocycles. The van der Waals surface area contributed by atoms with Gasteiger partial charge in [0.05, 0.1) is 35.8 Å². The molecule has 0 fully saturated rings. The smallest absolute Gasteiger partial charge is 0.341 e. The van der Waals surface area contributed by atoms with E-state index in [1.807, 2.05) is 32.0 Å². The molecule has 0 bridgehead atoms. The Morgan fingerprint density at radius 3 is 2.00 bits per heavy atom. The number of benzene rings is 2. The van der Waals surface area contributed by atoms with E-state index in [4.69, 9.17) is 18.9 Å². The molecule has 0 saturated heterocycles. The van der Waals surface area contributed by atoms with Crippen LogP contribution in [0.4, 0.5) is 5.69 Å². The number of amides is 1. The standard InChI is InChI=1S/C20H21Br2NO6/c1-10-6-7-11(2)12(8-10)23-13(24)9-29-20(25)14-15(21)17(26-3)19(28-5)18(27-4)16(14)22/h6-8H,9H2,1-5H3,(H,23,24). The van der Waals surface area contributed by atoms with Crippen molar-refractivity contribution in [2.24, 2.45) is 0 Å². The molecule has 1 amide bonds. The van der Waals surface area contributed by atoms with Crippen LogP contribution >= 0.6 is 31.9 Å². The summed E-state index contributed by atoms with van der Waals surface area (Å²) in [7, 11) is 4.32. The topological polar surface area (TPSA) is 83.1 Å². The van der Waals surface area contributed by atoms with Crippen molar-refractivity contribution in [1.29, 1.82) is 0 Å². The van der Waals surface area contributed by atoms with E-state index in [2.05, 4.69) is 37.2 Å². The maximum Gasteiger partial charge on any atom is 0.341 e. The monoisotopic (exact) mass is 529 g/mol. The molecule has 7 nitrogen and oxygen atoms in total. The summed E-state index contributed by atoms with van der Waals surface area (Å²) in [4.78, 5) is 24.9. The Morgan fingerprint density at radius 2 is 1.48 bits per heavy atom. The lowest BCUT2D eigenvalue weighted by Gasteiger charge is -2.18. The van der Waals surface area contributed by atoms with E-state index in [-0.39, 0.29) is 17.1 Å². The maximum absolute atomic E-state index is 12.7. The molecule has 0 aliphatic rings. The highest BCUT2D eigenvalue weighted by Crippen LogP contribution is 2.50. The highest BCUT2D eigenvalue weighted by atomic mass is 79.9. The van der Waals surface area contributed by atoms with Crippen molar-refractivity contribution in [3.63, 3.8) is 0 Å². The Bertz CT molecular complexity index is 914. The largest absolute Gasteiger partial charge is 0.492 e. The summed E-state index contributed by atoms with van der Waals surface area (Å²) >= 11 is 6.67. The van der Waals surface area contributed by atoms with E-state index in [9.17, 15) is 9.59 Å². The van der Waals surface area contributed by atoms with Crippen molar-refractivity contribution >= 4 is 49.4 Å². The van der Waals surface area contributed by atoms with Crippen LogP contribution in [0.1, 0.15) is 21.5 Å². The van der Waals surface area contributed by atoms with Crippen molar-refractivity contribution in [3.8, 4) is 17.2 Å². The van der Waals surface area contributed by atoms with Gasteiger partial charge in [0.1, 0.15) is 0 Å². The summed E-state index contributed by atoms with van der Waals surface area (Å²) in [5, 5.41) is 2.74. The second-order valence-electron chi connectivity index (χ2n) is 6.05. The third-order valence-electron chi connectivity index (χ3n) is 4.07. The number of ether oxygens (including phenoxy) is 4.